The van der Waals surface area contributed by atoms with Crippen molar-refractivity contribution in [3.05, 3.63) is 0 Å². The van der Waals surface area contributed by atoms with Crippen LogP contribution in [0, 0.1) is 0 Å². The Hall–Kier alpha value is -0.310. The summed E-state index contributed by atoms with van der Waals surface area (Å²) in [5, 5.41) is 7.12. The average molecular weight is 162 g/mol. The van der Waals surface area contributed by atoms with Gasteiger partial charge in [-0.1, -0.05) is 6.66 Å². The molecule has 0 spiro atoms. The van der Waals surface area contributed by atoms with Crippen molar-refractivity contribution in [1.82, 2.24) is 0 Å². The second-order valence-corrected chi connectivity index (χ2v) is 0.803. The van der Waals surface area contributed by atoms with E-state index in [0.717, 1.165) is 0 Å². The lowest BCUT2D eigenvalue weighted by Gasteiger charge is -1.93. The van der Waals surface area contributed by atoms with Crippen LogP contribution in [0.3, 0.4) is 0 Å². The molecule has 0 bridgehead atoms. The average Bonchev–Trinajstić information content (AvgIpc) is 1.69. The van der Waals surface area contributed by atoms with Crippen molar-refractivity contribution in [2.45, 2.75) is 6.18 Å². The fourth-order valence-corrected chi connectivity index (χ4v) is 0. The number of carbonyl (C=O) groups is 1. The number of carboxylic acids is 1. The van der Waals surface area contributed by atoms with E-state index in [1.165, 1.54) is 0 Å². The molecule has 1 unspecified atom stereocenters. The number of rotatable bonds is 0. The molecule has 0 aliphatic heterocycles. The molecule has 0 aromatic rings. The van der Waals surface area contributed by atoms with Crippen LogP contribution in [-0.2, 0) is 4.79 Å². The highest BCUT2D eigenvalue weighted by Gasteiger charge is 2.38. The Morgan fingerprint density at radius 2 is 1.56 bits per heavy atom. The Kier molecular flexibility index (Phi) is 5.81. The van der Waals surface area contributed by atoms with Crippen molar-refractivity contribution < 1.29 is 23.1 Å². The first-order valence-electron chi connectivity index (χ1n) is 1.82. The van der Waals surface area contributed by atoms with Gasteiger partial charge in [-0.15, -0.1) is 9.24 Å². The van der Waals surface area contributed by atoms with Gasteiger partial charge in [0.2, 0.25) is 0 Å². The lowest BCUT2D eigenvalue weighted by molar-refractivity contribution is -0.192. The topological polar surface area (TPSA) is 37.3 Å². The summed E-state index contributed by atoms with van der Waals surface area (Å²) in [5.74, 6) is -2.76. The van der Waals surface area contributed by atoms with Crippen molar-refractivity contribution in [2.75, 3.05) is 6.66 Å². The summed E-state index contributed by atoms with van der Waals surface area (Å²) in [6, 6.07) is 0. The van der Waals surface area contributed by atoms with Crippen LogP contribution in [-0.4, -0.2) is 23.9 Å². The maximum absolute atomic E-state index is 10.6. The molecule has 2 nitrogen and oxygen atoms in total. The molecule has 9 heavy (non-hydrogen) atoms. The zero-order valence-corrected chi connectivity index (χ0v) is 5.72. The second-order valence-electron chi connectivity index (χ2n) is 0.803. The van der Waals surface area contributed by atoms with Crippen LogP contribution >= 0.6 is 9.24 Å². The van der Waals surface area contributed by atoms with E-state index in [9.17, 15) is 13.2 Å². The maximum atomic E-state index is 10.6. The molecular formula is C3H6F3O2P. The number of alkyl halides is 3. The van der Waals surface area contributed by atoms with Gasteiger partial charge in [0.25, 0.3) is 0 Å². The van der Waals surface area contributed by atoms with E-state index < -0.39 is 12.1 Å². The molecule has 1 N–H and O–H groups in total. The van der Waals surface area contributed by atoms with Gasteiger partial charge in [0.1, 0.15) is 0 Å². The summed E-state index contributed by atoms with van der Waals surface area (Å²) in [4.78, 5) is 8.90. The standard InChI is InChI=1S/C2HF3O2.CH5P/c3-2(4,5)1(6)7;1-2/h(H,6,7);2H2,1H3. The summed E-state index contributed by atoms with van der Waals surface area (Å²) >= 11 is 0. The molecule has 0 aliphatic rings. The third-order valence-corrected chi connectivity index (χ3v) is 0.243. The molecule has 0 saturated heterocycles. The summed E-state index contributed by atoms with van der Waals surface area (Å²) in [6.07, 6.45) is -5.08. The molecular weight excluding hydrogens is 156 g/mol. The van der Waals surface area contributed by atoms with Gasteiger partial charge in [-0.05, 0) is 0 Å². The molecule has 0 rings (SSSR count). The van der Waals surface area contributed by atoms with Crippen molar-refractivity contribution in [3.63, 3.8) is 0 Å². The van der Waals surface area contributed by atoms with Gasteiger partial charge in [-0.3, -0.25) is 0 Å². The Morgan fingerprint density at radius 1 is 1.44 bits per heavy atom. The van der Waals surface area contributed by atoms with Crippen LogP contribution in [0.2, 0.25) is 0 Å². The van der Waals surface area contributed by atoms with E-state index in [0.29, 0.717) is 0 Å². The first-order chi connectivity index (χ1) is 3.94. The van der Waals surface area contributed by atoms with Gasteiger partial charge in [0, 0.05) is 0 Å². The fourth-order valence-electron chi connectivity index (χ4n) is 0. The predicted octanol–water partition coefficient (Wildman–Crippen LogP) is 1.12. The summed E-state index contributed by atoms with van der Waals surface area (Å²) in [6.45, 7) is 1.92. The molecule has 0 aliphatic carbocycles. The van der Waals surface area contributed by atoms with E-state index >= 15 is 0 Å². The van der Waals surface area contributed by atoms with Crippen LogP contribution in [0.25, 0.3) is 0 Å². The quantitative estimate of drug-likeness (QED) is 0.542. The maximum Gasteiger partial charge on any atom is 0.490 e. The zero-order valence-electron chi connectivity index (χ0n) is 4.57. The van der Waals surface area contributed by atoms with Crippen LogP contribution < -0.4 is 0 Å². The molecule has 1 atom stereocenters. The van der Waals surface area contributed by atoms with Gasteiger partial charge in [0.05, 0.1) is 0 Å². The second kappa shape index (κ2) is 4.56. The van der Waals surface area contributed by atoms with Crippen LogP contribution in [0.5, 0.6) is 0 Å². The molecule has 0 fully saturated rings. The minimum atomic E-state index is -5.08. The highest BCUT2D eigenvalue weighted by molar-refractivity contribution is 7.15. The van der Waals surface area contributed by atoms with Crippen LogP contribution in [0.15, 0.2) is 0 Å². The van der Waals surface area contributed by atoms with Gasteiger partial charge in [-0.2, -0.15) is 13.2 Å². The fraction of sp³-hybridized carbons (Fsp3) is 0.667. The van der Waals surface area contributed by atoms with E-state index in [1.54, 1.807) is 0 Å². The molecule has 0 aromatic carbocycles. The summed E-state index contributed by atoms with van der Waals surface area (Å²) in [7, 11) is 2.42. The van der Waals surface area contributed by atoms with Gasteiger partial charge >= 0.3 is 12.1 Å². The van der Waals surface area contributed by atoms with Gasteiger partial charge in [0.15, 0.2) is 0 Å². The summed E-state index contributed by atoms with van der Waals surface area (Å²) in [5.41, 5.74) is 0. The molecule has 0 heterocycles. The SMILES string of the molecule is CP.O=C(O)C(F)(F)F. The first-order valence-corrected chi connectivity index (χ1v) is 2.98. The third kappa shape index (κ3) is 7.69. The zero-order chi connectivity index (χ0) is 8.08. The van der Waals surface area contributed by atoms with E-state index in [-0.39, 0.29) is 0 Å². The Balaban J connectivity index is 0. The number of halogens is 3. The number of hydrogen-bond donors (Lipinski definition) is 1. The number of hydrogen-bond acceptors (Lipinski definition) is 1. The molecule has 0 aromatic heterocycles. The van der Waals surface area contributed by atoms with Crippen LogP contribution in [0.4, 0.5) is 13.2 Å². The van der Waals surface area contributed by atoms with E-state index in [1.807, 2.05) is 6.66 Å². The number of carboxylic acid groups (broad SMARTS) is 1. The largest absolute Gasteiger partial charge is 0.490 e. The van der Waals surface area contributed by atoms with Gasteiger partial charge < -0.3 is 5.11 Å². The molecule has 6 heteroatoms. The lowest BCUT2D eigenvalue weighted by atomic mass is 10.7. The highest BCUT2D eigenvalue weighted by atomic mass is 31.0. The monoisotopic (exact) mass is 162 g/mol. The number of aliphatic carboxylic acids is 1. The minimum Gasteiger partial charge on any atom is -0.475 e. The Morgan fingerprint density at radius 3 is 1.56 bits per heavy atom. The highest BCUT2D eigenvalue weighted by Crippen LogP contribution is 2.13. The van der Waals surface area contributed by atoms with Crippen LogP contribution in [0.1, 0.15) is 0 Å². The van der Waals surface area contributed by atoms with Crippen molar-refractivity contribution >= 4 is 15.2 Å². The predicted molar refractivity (Wildman–Crippen MR) is 29.3 cm³/mol. The normalized spacial score (nSPS) is 9.44. The minimum absolute atomic E-state index is 1.92. The third-order valence-electron chi connectivity index (χ3n) is 0.243. The molecule has 0 saturated carbocycles. The lowest BCUT2D eigenvalue weighted by Crippen LogP contribution is -2.21. The van der Waals surface area contributed by atoms with Crippen molar-refractivity contribution in [1.29, 1.82) is 0 Å². The summed E-state index contributed by atoms with van der Waals surface area (Å²) < 4.78 is 31.7. The van der Waals surface area contributed by atoms with Crippen molar-refractivity contribution in [3.8, 4) is 0 Å². The first kappa shape index (κ1) is 11.5. The smallest absolute Gasteiger partial charge is 0.475 e. The van der Waals surface area contributed by atoms with Crippen molar-refractivity contribution in [2.24, 2.45) is 0 Å². The van der Waals surface area contributed by atoms with E-state index in [2.05, 4.69) is 9.24 Å². The molecule has 0 radical (unpaired) electrons. The Bertz CT molecular complexity index is 89.5. The van der Waals surface area contributed by atoms with E-state index in [4.69, 9.17) is 9.90 Å². The van der Waals surface area contributed by atoms with Gasteiger partial charge in [-0.25, -0.2) is 4.79 Å². The Labute approximate surface area is 52.3 Å². The molecule has 56 valence electrons. The molecule has 0 amide bonds.